The van der Waals surface area contributed by atoms with Gasteiger partial charge in [0.1, 0.15) is 0 Å². The van der Waals surface area contributed by atoms with E-state index >= 15 is 0 Å². The van der Waals surface area contributed by atoms with Crippen molar-refractivity contribution < 1.29 is 19.3 Å². The molecule has 1 aromatic rings. The lowest BCUT2D eigenvalue weighted by Gasteiger charge is -2.17. The second-order valence-electron chi connectivity index (χ2n) is 3.93. The lowest BCUT2D eigenvalue weighted by molar-refractivity contribution is 0.125. The van der Waals surface area contributed by atoms with E-state index in [1.165, 1.54) is 0 Å². The third-order valence-corrected chi connectivity index (χ3v) is 2.79. The summed E-state index contributed by atoms with van der Waals surface area (Å²) in [7, 11) is 3.19. The zero-order valence-electron chi connectivity index (χ0n) is 9.97. The number of aliphatic hydroxyl groups excluding tert-OH is 1. The number of hydrogen-bond donors (Lipinski definition) is 2. The number of ether oxygens (including phenoxy) is 3. The van der Waals surface area contributed by atoms with Gasteiger partial charge in [0, 0.05) is 11.8 Å². The fourth-order valence-corrected chi connectivity index (χ4v) is 1.82. The molecule has 2 unspecified atom stereocenters. The average Bonchev–Trinajstić information content (AvgIpc) is 2.75. The van der Waals surface area contributed by atoms with E-state index in [2.05, 4.69) is 5.32 Å². The van der Waals surface area contributed by atoms with Gasteiger partial charge in [0.15, 0.2) is 11.5 Å². The van der Waals surface area contributed by atoms with Crippen molar-refractivity contribution in [2.75, 3.05) is 32.8 Å². The third-order valence-electron chi connectivity index (χ3n) is 2.79. The molecule has 0 saturated carbocycles. The number of aliphatic hydroxyl groups is 1. The highest BCUT2D eigenvalue weighted by Crippen LogP contribution is 2.30. The predicted molar refractivity (Wildman–Crippen MR) is 63.8 cm³/mol. The van der Waals surface area contributed by atoms with Gasteiger partial charge in [0.25, 0.3) is 0 Å². The Kier molecular flexibility index (Phi) is 3.71. The summed E-state index contributed by atoms with van der Waals surface area (Å²) in [6, 6.07) is 5.47. The first-order valence-corrected chi connectivity index (χ1v) is 5.49. The molecule has 1 heterocycles. The molecule has 2 rings (SSSR count). The molecule has 2 atom stereocenters. The van der Waals surface area contributed by atoms with Crippen molar-refractivity contribution in [1.82, 2.24) is 0 Å². The van der Waals surface area contributed by atoms with E-state index in [-0.39, 0.29) is 6.04 Å². The Morgan fingerprint density at radius 2 is 2.00 bits per heavy atom. The topological polar surface area (TPSA) is 60.0 Å². The van der Waals surface area contributed by atoms with Gasteiger partial charge < -0.3 is 24.6 Å². The van der Waals surface area contributed by atoms with Crippen LogP contribution < -0.4 is 14.8 Å². The first-order valence-electron chi connectivity index (χ1n) is 5.49. The number of methoxy groups -OCH3 is 2. The van der Waals surface area contributed by atoms with E-state index in [0.717, 1.165) is 5.69 Å². The zero-order chi connectivity index (χ0) is 12.3. The quantitative estimate of drug-likeness (QED) is 0.816. The van der Waals surface area contributed by atoms with Crippen LogP contribution >= 0.6 is 0 Å². The maximum Gasteiger partial charge on any atom is 0.162 e. The summed E-state index contributed by atoms with van der Waals surface area (Å²) in [6.07, 6.45) is -0.469. The van der Waals surface area contributed by atoms with Gasteiger partial charge in [-0.1, -0.05) is 0 Å². The van der Waals surface area contributed by atoms with Crippen LogP contribution in [0.2, 0.25) is 0 Å². The molecule has 5 nitrogen and oxygen atoms in total. The number of nitrogens with one attached hydrogen (secondary N) is 1. The smallest absolute Gasteiger partial charge is 0.162 e. The molecule has 1 fully saturated rings. The molecule has 0 aromatic heterocycles. The predicted octanol–water partition coefficient (Wildman–Crippen LogP) is 0.875. The van der Waals surface area contributed by atoms with E-state index in [4.69, 9.17) is 14.2 Å². The van der Waals surface area contributed by atoms with E-state index in [1.54, 1.807) is 14.2 Å². The summed E-state index contributed by atoms with van der Waals surface area (Å²) in [5, 5.41) is 12.8. The molecule has 0 aliphatic carbocycles. The van der Waals surface area contributed by atoms with Crippen molar-refractivity contribution in [3.05, 3.63) is 18.2 Å². The van der Waals surface area contributed by atoms with Crippen molar-refractivity contribution in [1.29, 1.82) is 0 Å². The molecule has 0 radical (unpaired) electrons. The molecule has 1 saturated heterocycles. The number of benzene rings is 1. The molecule has 17 heavy (non-hydrogen) atoms. The standard InChI is InChI=1S/C12H17NO4/c1-15-11-4-3-8(5-12(11)16-2)13-9-6-17-7-10(9)14/h3-5,9-10,13-14H,6-7H2,1-2H3. The average molecular weight is 239 g/mol. The monoisotopic (exact) mass is 239 g/mol. The van der Waals surface area contributed by atoms with E-state index in [1.807, 2.05) is 18.2 Å². The van der Waals surface area contributed by atoms with Crippen molar-refractivity contribution in [2.24, 2.45) is 0 Å². The maximum absolute atomic E-state index is 9.63. The second kappa shape index (κ2) is 5.25. The molecule has 94 valence electrons. The van der Waals surface area contributed by atoms with Crippen molar-refractivity contribution in [3.63, 3.8) is 0 Å². The molecule has 0 amide bonds. The molecule has 1 aliphatic heterocycles. The minimum atomic E-state index is -0.469. The van der Waals surface area contributed by atoms with Crippen LogP contribution in [0.3, 0.4) is 0 Å². The third kappa shape index (κ3) is 2.62. The highest BCUT2D eigenvalue weighted by atomic mass is 16.5. The number of hydrogen-bond acceptors (Lipinski definition) is 5. The van der Waals surface area contributed by atoms with E-state index in [9.17, 15) is 5.11 Å². The highest BCUT2D eigenvalue weighted by Gasteiger charge is 2.26. The zero-order valence-corrected chi connectivity index (χ0v) is 9.97. The molecule has 0 spiro atoms. The van der Waals surface area contributed by atoms with Crippen LogP contribution in [-0.2, 0) is 4.74 Å². The summed E-state index contributed by atoms with van der Waals surface area (Å²) >= 11 is 0. The first kappa shape index (κ1) is 12.0. The van der Waals surface area contributed by atoms with Crippen LogP contribution in [0.1, 0.15) is 0 Å². The first-order chi connectivity index (χ1) is 8.24. The van der Waals surface area contributed by atoms with Gasteiger partial charge in [0.2, 0.25) is 0 Å². The second-order valence-corrected chi connectivity index (χ2v) is 3.93. The Morgan fingerprint density at radius 3 is 2.59 bits per heavy atom. The fourth-order valence-electron chi connectivity index (χ4n) is 1.82. The van der Waals surface area contributed by atoms with E-state index < -0.39 is 6.10 Å². The van der Waals surface area contributed by atoms with Gasteiger partial charge in [0.05, 0.1) is 39.6 Å². The van der Waals surface area contributed by atoms with E-state index in [0.29, 0.717) is 24.7 Å². The van der Waals surface area contributed by atoms with Gasteiger partial charge >= 0.3 is 0 Å². The Hall–Kier alpha value is -1.46. The molecule has 2 N–H and O–H groups in total. The van der Waals surface area contributed by atoms with Crippen LogP contribution in [-0.4, -0.2) is 44.7 Å². The molecule has 1 aliphatic rings. The van der Waals surface area contributed by atoms with Crippen LogP contribution in [0.5, 0.6) is 11.5 Å². The SMILES string of the molecule is COc1ccc(NC2COCC2O)cc1OC. The summed E-state index contributed by atoms with van der Waals surface area (Å²) in [5.41, 5.74) is 0.872. The maximum atomic E-state index is 9.63. The van der Waals surface area contributed by atoms with Gasteiger partial charge in [-0.15, -0.1) is 0 Å². The van der Waals surface area contributed by atoms with Crippen LogP contribution in [0.15, 0.2) is 18.2 Å². The summed E-state index contributed by atoms with van der Waals surface area (Å²) in [4.78, 5) is 0. The Bertz CT molecular complexity index is 383. The lowest BCUT2D eigenvalue weighted by Crippen LogP contribution is -2.31. The summed E-state index contributed by atoms with van der Waals surface area (Å²) in [5.74, 6) is 1.34. The van der Waals surface area contributed by atoms with Crippen LogP contribution in [0.4, 0.5) is 5.69 Å². The molecule has 5 heteroatoms. The Labute approximate surface area is 100 Å². The lowest BCUT2D eigenvalue weighted by atomic mass is 10.2. The van der Waals surface area contributed by atoms with Gasteiger partial charge in [-0.2, -0.15) is 0 Å². The summed E-state index contributed by atoms with van der Waals surface area (Å²) in [6.45, 7) is 0.889. The largest absolute Gasteiger partial charge is 0.493 e. The van der Waals surface area contributed by atoms with Gasteiger partial charge in [-0.25, -0.2) is 0 Å². The Morgan fingerprint density at radius 1 is 1.24 bits per heavy atom. The number of rotatable bonds is 4. The van der Waals surface area contributed by atoms with Gasteiger partial charge in [-0.05, 0) is 12.1 Å². The molecule has 0 bridgehead atoms. The highest BCUT2D eigenvalue weighted by molar-refractivity contribution is 5.55. The molecular weight excluding hydrogens is 222 g/mol. The van der Waals surface area contributed by atoms with Crippen molar-refractivity contribution in [3.8, 4) is 11.5 Å². The fraction of sp³-hybridized carbons (Fsp3) is 0.500. The van der Waals surface area contributed by atoms with Crippen LogP contribution in [0, 0.1) is 0 Å². The summed E-state index contributed by atoms with van der Waals surface area (Å²) < 4.78 is 15.5. The van der Waals surface area contributed by atoms with Crippen molar-refractivity contribution in [2.45, 2.75) is 12.1 Å². The molecule has 1 aromatic carbocycles. The minimum absolute atomic E-state index is 0.0758. The van der Waals surface area contributed by atoms with Gasteiger partial charge in [-0.3, -0.25) is 0 Å². The van der Waals surface area contributed by atoms with Crippen molar-refractivity contribution >= 4 is 5.69 Å². The van der Waals surface area contributed by atoms with Crippen LogP contribution in [0.25, 0.3) is 0 Å². The normalized spacial score (nSPS) is 23.5. The molecular formula is C12H17NO4. The minimum Gasteiger partial charge on any atom is -0.493 e. The Balaban J connectivity index is 2.10. The number of anilines is 1.